The molecule has 1 aliphatic rings. The van der Waals surface area contributed by atoms with Gasteiger partial charge in [-0.05, 0) is 31.2 Å². The fourth-order valence-electron chi connectivity index (χ4n) is 1.35. The van der Waals surface area contributed by atoms with Crippen molar-refractivity contribution >= 4 is 11.9 Å². The van der Waals surface area contributed by atoms with Crippen molar-refractivity contribution in [2.45, 2.75) is 6.92 Å². The number of fused-ring (bicyclic) bond motifs is 1. The highest BCUT2D eigenvalue weighted by atomic mass is 19.1. The van der Waals surface area contributed by atoms with Gasteiger partial charge in [0, 0.05) is 11.1 Å². The summed E-state index contributed by atoms with van der Waals surface area (Å²) in [5.41, 5.74) is 1.20. The molecular weight excluding hydrogens is 183 g/mol. The smallest absolute Gasteiger partial charge is 0.159 e. The number of hydrogen-bond acceptors (Lipinski definition) is 2. The number of halogens is 1. The first-order valence-corrected chi connectivity index (χ1v) is 4.30. The first kappa shape index (κ1) is 8.94. The normalized spacial score (nSPS) is 14.0. The molecule has 0 atom stereocenters. The van der Waals surface area contributed by atoms with Gasteiger partial charge in [0.25, 0.3) is 0 Å². The molecule has 14 heavy (non-hydrogen) atoms. The Kier molecular flexibility index (Phi) is 2.08. The van der Waals surface area contributed by atoms with Gasteiger partial charge in [-0.2, -0.15) is 0 Å². The molecule has 0 spiro atoms. The number of carbonyl (C=O) groups is 1. The van der Waals surface area contributed by atoms with Gasteiger partial charge in [0.2, 0.25) is 0 Å². The van der Waals surface area contributed by atoms with Crippen molar-refractivity contribution in [2.75, 3.05) is 6.61 Å². The summed E-state index contributed by atoms with van der Waals surface area (Å²) < 4.78 is 18.1. The zero-order valence-electron chi connectivity index (χ0n) is 7.71. The Bertz CT molecular complexity index is 421. The van der Waals surface area contributed by atoms with Gasteiger partial charge in [-0.1, -0.05) is 0 Å². The molecule has 0 N–H and O–H groups in total. The minimum atomic E-state index is -0.326. The quantitative estimate of drug-likeness (QED) is 0.681. The molecule has 0 saturated carbocycles. The van der Waals surface area contributed by atoms with Gasteiger partial charge in [0.05, 0.1) is 0 Å². The second kappa shape index (κ2) is 3.25. The summed E-state index contributed by atoms with van der Waals surface area (Å²) in [7, 11) is 0. The molecule has 2 rings (SSSR count). The summed E-state index contributed by atoms with van der Waals surface area (Å²) in [5, 5.41) is 0. The Morgan fingerprint density at radius 3 is 3.00 bits per heavy atom. The van der Waals surface area contributed by atoms with Crippen LogP contribution in [-0.4, -0.2) is 12.4 Å². The lowest BCUT2D eigenvalue weighted by Gasteiger charge is -2.16. The second-order valence-corrected chi connectivity index (χ2v) is 3.20. The summed E-state index contributed by atoms with van der Waals surface area (Å²) >= 11 is 0. The van der Waals surface area contributed by atoms with Crippen LogP contribution < -0.4 is 4.74 Å². The lowest BCUT2D eigenvalue weighted by Crippen LogP contribution is -2.12. The molecule has 72 valence electrons. The Morgan fingerprint density at radius 2 is 2.29 bits per heavy atom. The minimum Gasteiger partial charge on any atom is -0.488 e. The molecule has 1 aliphatic heterocycles. The summed E-state index contributed by atoms with van der Waals surface area (Å²) in [5.74, 6) is 0.254. The molecule has 0 aliphatic carbocycles. The predicted molar refractivity (Wildman–Crippen MR) is 50.6 cm³/mol. The van der Waals surface area contributed by atoms with E-state index in [0.717, 1.165) is 0 Å². The van der Waals surface area contributed by atoms with Gasteiger partial charge >= 0.3 is 0 Å². The van der Waals surface area contributed by atoms with Gasteiger partial charge in [0.1, 0.15) is 18.2 Å². The minimum absolute atomic E-state index is 0.0417. The first-order chi connectivity index (χ1) is 6.66. The Balaban J connectivity index is 2.47. The monoisotopic (exact) mass is 192 g/mol. The first-order valence-electron chi connectivity index (χ1n) is 4.30. The number of Topliss-reactive ketones (excluding diaryl/α,β-unsaturated/α-hetero) is 1. The number of ketones is 1. The maximum absolute atomic E-state index is 12.9. The van der Waals surface area contributed by atoms with Crippen molar-refractivity contribution in [2.24, 2.45) is 0 Å². The molecule has 0 saturated heterocycles. The molecular formula is C11H9FO2. The average molecular weight is 192 g/mol. The zero-order valence-corrected chi connectivity index (χ0v) is 7.71. The molecule has 0 fully saturated rings. The maximum Gasteiger partial charge on any atom is 0.159 e. The van der Waals surface area contributed by atoms with Crippen LogP contribution in [0.15, 0.2) is 23.8 Å². The molecule has 0 amide bonds. The van der Waals surface area contributed by atoms with E-state index in [-0.39, 0.29) is 18.2 Å². The standard InChI is InChI=1S/C11H9FO2/c1-7(13)9-4-8-5-10(12)2-3-11(8)14-6-9/h2-5H,6H2,1H3. The van der Waals surface area contributed by atoms with E-state index in [1.165, 1.54) is 19.1 Å². The van der Waals surface area contributed by atoms with Crippen LogP contribution in [0, 0.1) is 5.82 Å². The van der Waals surface area contributed by atoms with E-state index in [9.17, 15) is 9.18 Å². The summed E-state index contributed by atoms with van der Waals surface area (Å²) in [6.07, 6.45) is 1.67. The molecule has 1 aromatic rings. The van der Waals surface area contributed by atoms with Crippen LogP contribution in [0.25, 0.3) is 6.08 Å². The van der Waals surface area contributed by atoms with Crippen LogP contribution in [0.5, 0.6) is 5.75 Å². The van der Waals surface area contributed by atoms with Crippen LogP contribution in [0.1, 0.15) is 12.5 Å². The summed E-state index contributed by atoms with van der Waals surface area (Å²) in [6, 6.07) is 4.26. The largest absolute Gasteiger partial charge is 0.488 e. The number of benzene rings is 1. The molecule has 0 bridgehead atoms. The van der Waals surface area contributed by atoms with E-state index in [4.69, 9.17) is 4.74 Å². The number of carbonyl (C=O) groups excluding carboxylic acids is 1. The fourth-order valence-corrected chi connectivity index (χ4v) is 1.35. The highest BCUT2D eigenvalue weighted by Gasteiger charge is 2.14. The van der Waals surface area contributed by atoms with Gasteiger partial charge in [0.15, 0.2) is 5.78 Å². The maximum atomic E-state index is 12.9. The molecule has 1 heterocycles. The second-order valence-electron chi connectivity index (χ2n) is 3.20. The highest BCUT2D eigenvalue weighted by molar-refractivity contribution is 5.98. The van der Waals surface area contributed by atoms with E-state index in [2.05, 4.69) is 0 Å². The third kappa shape index (κ3) is 1.53. The molecule has 0 unspecified atom stereocenters. The number of hydrogen-bond donors (Lipinski definition) is 0. The molecule has 1 aromatic carbocycles. The fraction of sp³-hybridized carbons (Fsp3) is 0.182. The van der Waals surface area contributed by atoms with Crippen molar-refractivity contribution in [1.82, 2.24) is 0 Å². The van der Waals surface area contributed by atoms with Crippen LogP contribution in [0.2, 0.25) is 0 Å². The van der Waals surface area contributed by atoms with E-state index in [1.807, 2.05) is 0 Å². The van der Waals surface area contributed by atoms with E-state index >= 15 is 0 Å². The van der Waals surface area contributed by atoms with Gasteiger partial charge < -0.3 is 4.74 Å². The zero-order chi connectivity index (χ0) is 10.1. The highest BCUT2D eigenvalue weighted by Crippen LogP contribution is 2.26. The van der Waals surface area contributed by atoms with Crippen LogP contribution in [0.3, 0.4) is 0 Å². The third-order valence-electron chi connectivity index (χ3n) is 2.14. The lowest BCUT2D eigenvalue weighted by atomic mass is 10.1. The van der Waals surface area contributed by atoms with Crippen molar-refractivity contribution in [3.8, 4) is 5.75 Å². The van der Waals surface area contributed by atoms with E-state index in [1.54, 1.807) is 12.1 Å². The number of rotatable bonds is 1. The average Bonchev–Trinajstić information content (AvgIpc) is 2.16. The van der Waals surface area contributed by atoms with Crippen molar-refractivity contribution < 1.29 is 13.9 Å². The Morgan fingerprint density at radius 1 is 1.50 bits per heavy atom. The van der Waals surface area contributed by atoms with Crippen molar-refractivity contribution in [1.29, 1.82) is 0 Å². The lowest BCUT2D eigenvalue weighted by molar-refractivity contribution is -0.113. The molecule has 0 aromatic heterocycles. The summed E-state index contributed by atoms with van der Waals surface area (Å²) in [4.78, 5) is 11.1. The Hall–Kier alpha value is -1.64. The molecule has 2 nitrogen and oxygen atoms in total. The van der Waals surface area contributed by atoms with Gasteiger partial charge in [-0.15, -0.1) is 0 Å². The van der Waals surface area contributed by atoms with Crippen LogP contribution >= 0.6 is 0 Å². The van der Waals surface area contributed by atoms with E-state index < -0.39 is 0 Å². The summed E-state index contributed by atoms with van der Waals surface area (Å²) in [6.45, 7) is 1.74. The van der Waals surface area contributed by atoms with Crippen LogP contribution in [-0.2, 0) is 4.79 Å². The SMILES string of the molecule is CC(=O)C1=Cc2cc(F)ccc2OC1. The van der Waals surface area contributed by atoms with Gasteiger partial charge in [-0.25, -0.2) is 4.39 Å². The van der Waals surface area contributed by atoms with Gasteiger partial charge in [-0.3, -0.25) is 4.79 Å². The van der Waals surface area contributed by atoms with Crippen molar-refractivity contribution in [3.63, 3.8) is 0 Å². The Labute approximate surface area is 81.0 Å². The molecule has 3 heteroatoms. The predicted octanol–water partition coefficient (Wildman–Crippen LogP) is 2.19. The third-order valence-corrected chi connectivity index (χ3v) is 2.14. The van der Waals surface area contributed by atoms with E-state index in [0.29, 0.717) is 16.9 Å². The molecule has 0 radical (unpaired) electrons. The van der Waals surface area contributed by atoms with Crippen LogP contribution in [0.4, 0.5) is 4.39 Å². The van der Waals surface area contributed by atoms with Crippen molar-refractivity contribution in [3.05, 3.63) is 35.2 Å². The number of ether oxygens (including phenoxy) is 1. The topological polar surface area (TPSA) is 26.3 Å².